The first-order valence-electron chi connectivity index (χ1n) is 7.59. The third-order valence-corrected chi connectivity index (χ3v) is 3.37. The van der Waals surface area contributed by atoms with Crippen molar-refractivity contribution in [3.05, 3.63) is 46.5 Å². The standard InChI is InChI=1S/C17H15FN4O3/c1-3-25-14-8-10(4-5-11(14)18)12-6-7-13-15(20-12)16(24)22-17(21-13)19-9(2)23/h4-8H,3H2,1-2H3,(H2,19,21,22,23,24). The fourth-order valence-electron chi connectivity index (χ4n) is 2.34. The molecule has 0 aliphatic rings. The number of amides is 1. The molecule has 1 aromatic carbocycles. The summed E-state index contributed by atoms with van der Waals surface area (Å²) < 4.78 is 18.9. The third kappa shape index (κ3) is 3.47. The van der Waals surface area contributed by atoms with E-state index < -0.39 is 11.4 Å². The molecule has 2 aromatic heterocycles. The zero-order valence-electron chi connectivity index (χ0n) is 13.6. The molecule has 128 valence electrons. The first-order valence-corrected chi connectivity index (χ1v) is 7.59. The Morgan fingerprint density at radius 2 is 2.08 bits per heavy atom. The number of halogens is 1. The van der Waals surface area contributed by atoms with Gasteiger partial charge in [0.25, 0.3) is 5.56 Å². The lowest BCUT2D eigenvalue weighted by atomic mass is 10.1. The van der Waals surface area contributed by atoms with Gasteiger partial charge in [-0.25, -0.2) is 14.4 Å². The Balaban J connectivity index is 2.07. The molecule has 0 spiro atoms. The number of H-pyrrole nitrogens is 1. The largest absolute Gasteiger partial charge is 0.491 e. The molecule has 1 amide bonds. The van der Waals surface area contributed by atoms with E-state index >= 15 is 0 Å². The van der Waals surface area contributed by atoms with Crippen molar-refractivity contribution in [1.29, 1.82) is 0 Å². The van der Waals surface area contributed by atoms with Crippen LogP contribution in [-0.2, 0) is 4.79 Å². The van der Waals surface area contributed by atoms with Crippen LogP contribution in [0.15, 0.2) is 35.1 Å². The molecule has 2 N–H and O–H groups in total. The quantitative estimate of drug-likeness (QED) is 0.759. The van der Waals surface area contributed by atoms with E-state index in [9.17, 15) is 14.0 Å². The Kier molecular flexibility index (Phi) is 4.42. The van der Waals surface area contributed by atoms with Crippen molar-refractivity contribution in [2.75, 3.05) is 11.9 Å². The van der Waals surface area contributed by atoms with Crippen LogP contribution in [0.5, 0.6) is 5.75 Å². The molecule has 25 heavy (non-hydrogen) atoms. The smallest absolute Gasteiger partial charge is 0.278 e. The number of carbonyl (C=O) groups excluding carboxylic acids is 1. The monoisotopic (exact) mass is 342 g/mol. The second-order valence-electron chi connectivity index (χ2n) is 5.24. The summed E-state index contributed by atoms with van der Waals surface area (Å²) in [5, 5.41) is 2.42. The Labute approximate surface area is 141 Å². The van der Waals surface area contributed by atoms with Crippen molar-refractivity contribution in [1.82, 2.24) is 15.0 Å². The Morgan fingerprint density at radius 1 is 1.28 bits per heavy atom. The topological polar surface area (TPSA) is 97.0 Å². The van der Waals surface area contributed by atoms with Crippen molar-refractivity contribution >= 4 is 22.9 Å². The molecular formula is C17H15FN4O3. The zero-order chi connectivity index (χ0) is 18.0. The lowest BCUT2D eigenvalue weighted by Gasteiger charge is -2.08. The van der Waals surface area contributed by atoms with Crippen LogP contribution in [0.25, 0.3) is 22.3 Å². The van der Waals surface area contributed by atoms with E-state index in [0.29, 0.717) is 23.4 Å². The number of aromatic amines is 1. The van der Waals surface area contributed by atoms with Crippen LogP contribution in [0, 0.1) is 5.82 Å². The molecule has 0 saturated carbocycles. The summed E-state index contributed by atoms with van der Waals surface area (Å²) >= 11 is 0. The molecule has 8 heteroatoms. The molecule has 7 nitrogen and oxygen atoms in total. The molecule has 0 saturated heterocycles. The van der Waals surface area contributed by atoms with Gasteiger partial charge in [-0.1, -0.05) is 0 Å². The lowest BCUT2D eigenvalue weighted by Crippen LogP contribution is -2.16. The first kappa shape index (κ1) is 16.6. The highest BCUT2D eigenvalue weighted by Gasteiger charge is 2.11. The molecule has 0 aliphatic heterocycles. The molecule has 0 aliphatic carbocycles. The minimum Gasteiger partial charge on any atom is -0.491 e. The van der Waals surface area contributed by atoms with Gasteiger partial charge in [0, 0.05) is 12.5 Å². The van der Waals surface area contributed by atoms with E-state index in [4.69, 9.17) is 4.74 Å². The van der Waals surface area contributed by atoms with E-state index in [0.717, 1.165) is 0 Å². The van der Waals surface area contributed by atoms with Crippen LogP contribution in [0.1, 0.15) is 13.8 Å². The van der Waals surface area contributed by atoms with E-state index in [1.165, 1.54) is 19.1 Å². The number of aromatic nitrogens is 3. The normalized spacial score (nSPS) is 10.7. The highest BCUT2D eigenvalue weighted by molar-refractivity contribution is 5.88. The number of nitrogens with one attached hydrogen (secondary N) is 2. The van der Waals surface area contributed by atoms with Crippen molar-refractivity contribution in [2.45, 2.75) is 13.8 Å². The highest BCUT2D eigenvalue weighted by atomic mass is 19.1. The first-order chi connectivity index (χ1) is 12.0. The molecule has 0 atom stereocenters. The van der Waals surface area contributed by atoms with Gasteiger partial charge in [-0.2, -0.15) is 0 Å². The average Bonchev–Trinajstić information content (AvgIpc) is 2.56. The number of benzene rings is 1. The summed E-state index contributed by atoms with van der Waals surface area (Å²) in [6.07, 6.45) is 0. The maximum atomic E-state index is 13.7. The lowest BCUT2D eigenvalue weighted by molar-refractivity contribution is -0.114. The Hall–Kier alpha value is -3.29. The van der Waals surface area contributed by atoms with Crippen molar-refractivity contribution in [3.8, 4) is 17.0 Å². The molecule has 2 heterocycles. The van der Waals surface area contributed by atoms with E-state index in [1.807, 2.05) is 0 Å². The van der Waals surface area contributed by atoms with Gasteiger partial charge in [-0.3, -0.25) is 19.9 Å². The summed E-state index contributed by atoms with van der Waals surface area (Å²) in [4.78, 5) is 34.2. The van der Waals surface area contributed by atoms with Gasteiger partial charge < -0.3 is 4.74 Å². The summed E-state index contributed by atoms with van der Waals surface area (Å²) in [5.41, 5.74) is 1.06. The van der Waals surface area contributed by atoms with Gasteiger partial charge >= 0.3 is 0 Å². The minimum atomic E-state index is -0.484. The van der Waals surface area contributed by atoms with Crippen molar-refractivity contribution in [3.63, 3.8) is 0 Å². The highest BCUT2D eigenvalue weighted by Crippen LogP contribution is 2.26. The van der Waals surface area contributed by atoms with E-state index in [-0.39, 0.29) is 23.1 Å². The Bertz CT molecular complexity index is 1020. The van der Waals surface area contributed by atoms with Crippen molar-refractivity contribution < 1.29 is 13.9 Å². The maximum absolute atomic E-state index is 13.7. The SMILES string of the molecule is CCOc1cc(-c2ccc3nc(NC(C)=O)[nH]c(=O)c3n2)ccc1F. The van der Waals surface area contributed by atoms with Gasteiger partial charge in [-0.15, -0.1) is 0 Å². The van der Waals surface area contributed by atoms with Gasteiger partial charge in [0.15, 0.2) is 17.1 Å². The van der Waals surface area contributed by atoms with Gasteiger partial charge in [-0.05, 0) is 37.3 Å². The summed E-state index contributed by atoms with van der Waals surface area (Å²) in [7, 11) is 0. The minimum absolute atomic E-state index is 0.0555. The summed E-state index contributed by atoms with van der Waals surface area (Å²) in [6, 6.07) is 7.64. The summed E-state index contributed by atoms with van der Waals surface area (Å²) in [5.74, 6) is -0.636. The van der Waals surface area contributed by atoms with Crippen LogP contribution in [0.2, 0.25) is 0 Å². The predicted molar refractivity (Wildman–Crippen MR) is 91.0 cm³/mol. The zero-order valence-corrected chi connectivity index (χ0v) is 13.6. The number of fused-ring (bicyclic) bond motifs is 1. The number of nitrogens with zero attached hydrogens (tertiary/aromatic N) is 2. The molecule has 0 fully saturated rings. The van der Waals surface area contributed by atoms with Gasteiger partial charge in [0.05, 0.1) is 17.8 Å². The number of ether oxygens (including phenoxy) is 1. The van der Waals surface area contributed by atoms with Crippen LogP contribution in [-0.4, -0.2) is 27.5 Å². The fourth-order valence-corrected chi connectivity index (χ4v) is 2.34. The molecule has 0 radical (unpaired) electrons. The molecule has 0 bridgehead atoms. The van der Waals surface area contributed by atoms with Crippen molar-refractivity contribution in [2.24, 2.45) is 0 Å². The number of anilines is 1. The number of carbonyl (C=O) groups is 1. The fraction of sp³-hybridized carbons (Fsp3) is 0.176. The second-order valence-corrected chi connectivity index (χ2v) is 5.24. The van der Waals surface area contributed by atoms with Crippen LogP contribution in [0.4, 0.5) is 10.3 Å². The molecular weight excluding hydrogens is 327 g/mol. The number of hydrogen-bond donors (Lipinski definition) is 2. The van der Waals surface area contributed by atoms with Gasteiger partial charge in [0.1, 0.15) is 0 Å². The molecule has 3 aromatic rings. The average molecular weight is 342 g/mol. The predicted octanol–water partition coefficient (Wildman–Crippen LogP) is 2.48. The van der Waals surface area contributed by atoms with Crippen LogP contribution < -0.4 is 15.6 Å². The maximum Gasteiger partial charge on any atom is 0.278 e. The summed E-state index contributed by atoms with van der Waals surface area (Å²) in [6.45, 7) is 3.41. The molecule has 0 unspecified atom stereocenters. The second kappa shape index (κ2) is 6.68. The van der Waals surface area contributed by atoms with Gasteiger partial charge in [0.2, 0.25) is 11.9 Å². The Morgan fingerprint density at radius 3 is 2.80 bits per heavy atom. The number of hydrogen-bond acceptors (Lipinski definition) is 5. The van der Waals surface area contributed by atoms with E-state index in [2.05, 4.69) is 20.3 Å². The van der Waals surface area contributed by atoms with Crippen LogP contribution >= 0.6 is 0 Å². The number of pyridine rings is 1. The number of rotatable bonds is 4. The molecule has 3 rings (SSSR count). The third-order valence-electron chi connectivity index (χ3n) is 3.37. The van der Waals surface area contributed by atoms with E-state index in [1.54, 1.807) is 25.1 Å². The van der Waals surface area contributed by atoms with Crippen LogP contribution in [0.3, 0.4) is 0 Å².